The maximum atomic E-state index is 12.3. The first-order chi connectivity index (χ1) is 8.15. The zero-order valence-electron chi connectivity index (χ0n) is 9.98. The van der Waals surface area contributed by atoms with Crippen molar-refractivity contribution in [2.45, 2.75) is 32.2 Å². The maximum Gasteiger partial charge on any atom is 0.261 e. The molecule has 1 unspecified atom stereocenters. The molecule has 0 aliphatic rings. The number of fused-ring (bicyclic) bond motifs is 1. The minimum atomic E-state index is -0.265. The summed E-state index contributed by atoms with van der Waals surface area (Å²) in [6.07, 6.45) is 0.885. The van der Waals surface area contributed by atoms with Gasteiger partial charge in [-0.25, -0.2) is 4.98 Å². The lowest BCUT2D eigenvalue weighted by Crippen LogP contribution is -2.25. The van der Waals surface area contributed by atoms with E-state index in [0.29, 0.717) is 23.3 Å². The van der Waals surface area contributed by atoms with Crippen LogP contribution in [0.2, 0.25) is 0 Å². The molecule has 0 fully saturated rings. The number of hydrogen-bond donors (Lipinski definition) is 0. The number of para-hydroxylation sites is 1. The summed E-state index contributed by atoms with van der Waals surface area (Å²) in [6, 6.07) is 7.38. The summed E-state index contributed by atoms with van der Waals surface area (Å²) >= 11 is 6.09. The lowest BCUT2D eigenvalue weighted by molar-refractivity contribution is 0.605. The molecule has 1 aromatic heterocycles. The number of hydrogen-bond acceptors (Lipinski definition) is 2. The van der Waals surface area contributed by atoms with Crippen molar-refractivity contribution in [2.75, 3.05) is 0 Å². The molecule has 0 bridgehead atoms. The van der Waals surface area contributed by atoms with E-state index in [0.717, 1.165) is 6.42 Å². The van der Waals surface area contributed by atoms with E-state index in [2.05, 4.69) is 4.98 Å². The third kappa shape index (κ3) is 2.20. The molecule has 0 saturated carbocycles. The number of rotatable bonds is 3. The molecular formula is C13H15ClN2O. The monoisotopic (exact) mass is 250 g/mol. The van der Waals surface area contributed by atoms with Crippen LogP contribution in [-0.2, 0) is 6.54 Å². The predicted molar refractivity (Wildman–Crippen MR) is 70.6 cm³/mol. The summed E-state index contributed by atoms with van der Waals surface area (Å²) in [7, 11) is 0. The van der Waals surface area contributed by atoms with E-state index in [9.17, 15) is 4.79 Å². The quantitative estimate of drug-likeness (QED) is 0.785. The van der Waals surface area contributed by atoms with Crippen molar-refractivity contribution in [3.63, 3.8) is 0 Å². The number of halogens is 1. The zero-order valence-corrected chi connectivity index (χ0v) is 10.7. The fourth-order valence-corrected chi connectivity index (χ4v) is 2.10. The average Bonchev–Trinajstić information content (AvgIpc) is 2.32. The Morgan fingerprint density at radius 2 is 2.12 bits per heavy atom. The first kappa shape index (κ1) is 12.1. The van der Waals surface area contributed by atoms with E-state index >= 15 is 0 Å². The van der Waals surface area contributed by atoms with Gasteiger partial charge in [-0.3, -0.25) is 9.36 Å². The van der Waals surface area contributed by atoms with Gasteiger partial charge >= 0.3 is 0 Å². The van der Waals surface area contributed by atoms with E-state index in [4.69, 9.17) is 11.6 Å². The molecular weight excluding hydrogens is 236 g/mol. The van der Waals surface area contributed by atoms with Gasteiger partial charge in [0.1, 0.15) is 5.82 Å². The van der Waals surface area contributed by atoms with Crippen LogP contribution in [0.15, 0.2) is 29.1 Å². The molecule has 2 rings (SSSR count). The van der Waals surface area contributed by atoms with Crippen LogP contribution >= 0.6 is 11.6 Å². The van der Waals surface area contributed by atoms with Crippen molar-refractivity contribution >= 4 is 22.5 Å². The Balaban J connectivity index is 2.79. The van der Waals surface area contributed by atoms with Gasteiger partial charge in [-0.05, 0) is 25.5 Å². The van der Waals surface area contributed by atoms with E-state index in [1.807, 2.05) is 32.0 Å². The lowest BCUT2D eigenvalue weighted by atomic mass is 10.2. The Hall–Kier alpha value is -1.35. The standard InChI is InChI=1S/C13H15ClN2O/c1-3-8-16-12(9(2)14)15-11-7-5-4-6-10(11)13(16)17/h4-7,9H,3,8H2,1-2H3. The van der Waals surface area contributed by atoms with Crippen LogP contribution in [0, 0.1) is 0 Å². The van der Waals surface area contributed by atoms with Crippen LogP contribution in [-0.4, -0.2) is 9.55 Å². The van der Waals surface area contributed by atoms with E-state index in [1.54, 1.807) is 10.6 Å². The number of benzene rings is 1. The molecule has 0 saturated heterocycles. The van der Waals surface area contributed by atoms with Gasteiger partial charge in [0.05, 0.1) is 16.3 Å². The fourth-order valence-electron chi connectivity index (χ4n) is 1.93. The van der Waals surface area contributed by atoms with Gasteiger partial charge in [-0.1, -0.05) is 19.1 Å². The SMILES string of the molecule is CCCn1c(C(C)Cl)nc2ccccc2c1=O. The van der Waals surface area contributed by atoms with Gasteiger partial charge in [0.2, 0.25) is 0 Å². The molecule has 2 aromatic rings. The van der Waals surface area contributed by atoms with Crippen LogP contribution < -0.4 is 5.56 Å². The van der Waals surface area contributed by atoms with Gasteiger partial charge in [-0.15, -0.1) is 11.6 Å². The molecule has 4 heteroatoms. The summed E-state index contributed by atoms with van der Waals surface area (Å²) in [6.45, 7) is 4.53. The topological polar surface area (TPSA) is 34.9 Å². The molecule has 0 aliphatic carbocycles. The third-order valence-corrected chi connectivity index (χ3v) is 2.89. The molecule has 1 aromatic carbocycles. The Bertz CT molecular complexity index is 589. The molecule has 0 aliphatic heterocycles. The first-order valence-electron chi connectivity index (χ1n) is 5.78. The normalized spacial score (nSPS) is 12.9. The van der Waals surface area contributed by atoms with Crippen LogP contribution in [0.3, 0.4) is 0 Å². The van der Waals surface area contributed by atoms with Crippen molar-refractivity contribution < 1.29 is 0 Å². The van der Waals surface area contributed by atoms with Gasteiger partial charge in [0.25, 0.3) is 5.56 Å². The summed E-state index contributed by atoms with van der Waals surface area (Å²) < 4.78 is 1.68. The van der Waals surface area contributed by atoms with Crippen molar-refractivity contribution in [1.82, 2.24) is 9.55 Å². The first-order valence-corrected chi connectivity index (χ1v) is 6.22. The highest BCUT2D eigenvalue weighted by atomic mass is 35.5. The lowest BCUT2D eigenvalue weighted by Gasteiger charge is -2.13. The van der Waals surface area contributed by atoms with Crippen LogP contribution in [0.1, 0.15) is 31.5 Å². The highest BCUT2D eigenvalue weighted by molar-refractivity contribution is 6.20. The second kappa shape index (κ2) is 4.88. The number of alkyl halides is 1. The van der Waals surface area contributed by atoms with Crippen LogP contribution in [0.25, 0.3) is 10.9 Å². The smallest absolute Gasteiger partial charge is 0.261 e. The fraction of sp³-hybridized carbons (Fsp3) is 0.385. The van der Waals surface area contributed by atoms with Gasteiger partial charge in [-0.2, -0.15) is 0 Å². The summed E-state index contributed by atoms with van der Waals surface area (Å²) in [5.74, 6) is 0.650. The van der Waals surface area contributed by atoms with E-state index in [1.165, 1.54) is 0 Å². The van der Waals surface area contributed by atoms with Crippen LogP contribution in [0.4, 0.5) is 0 Å². The van der Waals surface area contributed by atoms with E-state index in [-0.39, 0.29) is 10.9 Å². The van der Waals surface area contributed by atoms with Crippen molar-refractivity contribution in [3.8, 4) is 0 Å². The highest BCUT2D eigenvalue weighted by Gasteiger charge is 2.13. The maximum absolute atomic E-state index is 12.3. The molecule has 3 nitrogen and oxygen atoms in total. The second-order valence-electron chi connectivity index (χ2n) is 4.06. The van der Waals surface area contributed by atoms with Crippen molar-refractivity contribution in [1.29, 1.82) is 0 Å². The Labute approximate surface area is 105 Å². The second-order valence-corrected chi connectivity index (χ2v) is 4.71. The number of nitrogens with zero attached hydrogens (tertiary/aromatic N) is 2. The molecule has 0 N–H and O–H groups in total. The molecule has 1 atom stereocenters. The van der Waals surface area contributed by atoms with Crippen molar-refractivity contribution in [2.24, 2.45) is 0 Å². The van der Waals surface area contributed by atoms with Crippen LogP contribution in [0.5, 0.6) is 0 Å². The Kier molecular flexibility index (Phi) is 3.48. The molecule has 1 heterocycles. The van der Waals surface area contributed by atoms with Crippen molar-refractivity contribution in [3.05, 3.63) is 40.4 Å². The number of aromatic nitrogens is 2. The largest absolute Gasteiger partial charge is 0.295 e. The summed E-state index contributed by atoms with van der Waals surface area (Å²) in [4.78, 5) is 16.8. The van der Waals surface area contributed by atoms with Gasteiger partial charge in [0, 0.05) is 6.54 Å². The molecule has 17 heavy (non-hydrogen) atoms. The predicted octanol–water partition coefficient (Wildman–Crippen LogP) is 3.11. The van der Waals surface area contributed by atoms with Gasteiger partial charge < -0.3 is 0 Å². The highest BCUT2D eigenvalue weighted by Crippen LogP contribution is 2.18. The van der Waals surface area contributed by atoms with Gasteiger partial charge in [0.15, 0.2) is 0 Å². The minimum Gasteiger partial charge on any atom is -0.295 e. The van der Waals surface area contributed by atoms with E-state index < -0.39 is 0 Å². The molecule has 90 valence electrons. The minimum absolute atomic E-state index is 0.0000463. The molecule has 0 radical (unpaired) electrons. The zero-order chi connectivity index (χ0) is 12.4. The summed E-state index contributed by atoms with van der Waals surface area (Å²) in [5, 5.41) is 0.390. The average molecular weight is 251 g/mol. The Morgan fingerprint density at radius 1 is 1.41 bits per heavy atom. The third-order valence-electron chi connectivity index (χ3n) is 2.69. The summed E-state index contributed by atoms with van der Waals surface area (Å²) in [5.41, 5.74) is 0.715. The molecule has 0 amide bonds. The molecule has 0 spiro atoms. The Morgan fingerprint density at radius 3 is 2.76 bits per heavy atom.